The smallest absolute Gasteiger partial charge is 0.303 e. The van der Waals surface area contributed by atoms with E-state index in [1.807, 2.05) is 0 Å². The number of carbonyl (C=O) groups is 1. The van der Waals surface area contributed by atoms with Crippen LogP contribution >= 0.6 is 0 Å². The first-order valence-corrected chi connectivity index (χ1v) is 8.97. The highest BCUT2D eigenvalue weighted by molar-refractivity contribution is 7.92. The SMILES string of the molecule is COc1cc(OC)c2c(c1)N(S(=O)(=O)CCCC(=O)O)CCC2. The third-order valence-electron chi connectivity index (χ3n) is 3.80. The second kappa shape index (κ2) is 7.08. The Kier molecular flexibility index (Phi) is 5.35. The van der Waals surface area contributed by atoms with Crippen molar-refractivity contribution in [1.82, 2.24) is 0 Å². The predicted octanol–water partition coefficient (Wildman–Crippen LogP) is 1.65. The van der Waals surface area contributed by atoms with Crippen LogP contribution in [-0.4, -0.2) is 46.0 Å². The van der Waals surface area contributed by atoms with Crippen LogP contribution in [0.3, 0.4) is 0 Å². The van der Waals surface area contributed by atoms with Crippen LogP contribution in [0.5, 0.6) is 11.5 Å². The molecule has 0 amide bonds. The van der Waals surface area contributed by atoms with Crippen LogP contribution in [0.15, 0.2) is 12.1 Å². The molecule has 0 unspecified atom stereocenters. The molecule has 0 fully saturated rings. The summed E-state index contributed by atoms with van der Waals surface area (Å²) < 4.78 is 37.1. The van der Waals surface area contributed by atoms with Gasteiger partial charge in [-0.05, 0) is 19.3 Å². The Morgan fingerprint density at radius 2 is 2.04 bits per heavy atom. The number of ether oxygens (including phenoxy) is 2. The van der Waals surface area contributed by atoms with E-state index >= 15 is 0 Å². The Morgan fingerprint density at radius 3 is 2.65 bits per heavy atom. The fourth-order valence-corrected chi connectivity index (χ4v) is 4.30. The van der Waals surface area contributed by atoms with E-state index in [9.17, 15) is 13.2 Å². The summed E-state index contributed by atoms with van der Waals surface area (Å²) >= 11 is 0. The molecule has 0 saturated heterocycles. The van der Waals surface area contributed by atoms with Crippen LogP contribution in [0.4, 0.5) is 5.69 Å². The van der Waals surface area contributed by atoms with Gasteiger partial charge in [-0.15, -0.1) is 0 Å². The number of hydrogen-bond donors (Lipinski definition) is 1. The zero-order valence-electron chi connectivity index (χ0n) is 13.2. The van der Waals surface area contributed by atoms with Crippen molar-refractivity contribution >= 4 is 21.7 Å². The van der Waals surface area contributed by atoms with Crippen molar-refractivity contribution in [2.75, 3.05) is 30.8 Å². The van der Waals surface area contributed by atoms with Crippen LogP contribution in [0, 0.1) is 0 Å². The summed E-state index contributed by atoms with van der Waals surface area (Å²) in [5.74, 6) is -0.0706. The van der Waals surface area contributed by atoms with Gasteiger partial charge in [0.1, 0.15) is 11.5 Å². The van der Waals surface area contributed by atoms with Gasteiger partial charge in [0.05, 0.1) is 25.7 Å². The molecule has 7 nitrogen and oxygen atoms in total. The summed E-state index contributed by atoms with van der Waals surface area (Å²) in [6.07, 6.45) is 1.34. The minimum Gasteiger partial charge on any atom is -0.497 e. The molecule has 1 aliphatic rings. The van der Waals surface area contributed by atoms with E-state index in [1.165, 1.54) is 18.5 Å². The number of carboxylic acid groups (broad SMARTS) is 1. The minimum atomic E-state index is -3.58. The maximum atomic E-state index is 12.6. The van der Waals surface area contributed by atoms with Gasteiger partial charge in [-0.1, -0.05) is 0 Å². The molecule has 8 heteroatoms. The zero-order valence-corrected chi connectivity index (χ0v) is 14.1. The molecule has 2 rings (SSSR count). The van der Waals surface area contributed by atoms with E-state index in [4.69, 9.17) is 14.6 Å². The van der Waals surface area contributed by atoms with Gasteiger partial charge in [0, 0.05) is 30.7 Å². The molecule has 0 saturated carbocycles. The van der Waals surface area contributed by atoms with Gasteiger partial charge < -0.3 is 14.6 Å². The standard InChI is InChI=1S/C15H21NO6S/c1-21-11-9-13-12(14(10-11)22-2)5-3-7-16(13)23(19,20)8-4-6-15(17)18/h9-10H,3-8H2,1-2H3,(H,17,18). The molecule has 1 heterocycles. The average molecular weight is 343 g/mol. The minimum absolute atomic E-state index is 0.0879. The first kappa shape index (κ1) is 17.4. The van der Waals surface area contributed by atoms with Crippen LogP contribution in [0.25, 0.3) is 0 Å². The summed E-state index contributed by atoms with van der Waals surface area (Å²) in [4.78, 5) is 10.6. The molecule has 1 N–H and O–H groups in total. The monoisotopic (exact) mass is 343 g/mol. The van der Waals surface area contributed by atoms with E-state index in [-0.39, 0.29) is 18.6 Å². The van der Waals surface area contributed by atoms with Crippen LogP contribution in [0.1, 0.15) is 24.8 Å². The van der Waals surface area contributed by atoms with Crippen molar-refractivity contribution in [3.63, 3.8) is 0 Å². The number of fused-ring (bicyclic) bond motifs is 1. The molecule has 1 aromatic carbocycles. The number of sulfonamides is 1. The van der Waals surface area contributed by atoms with E-state index in [0.717, 1.165) is 12.0 Å². The highest BCUT2D eigenvalue weighted by atomic mass is 32.2. The highest BCUT2D eigenvalue weighted by Crippen LogP contribution is 2.39. The molecule has 1 aromatic rings. The second-order valence-electron chi connectivity index (χ2n) is 5.32. The van der Waals surface area contributed by atoms with Gasteiger partial charge in [-0.25, -0.2) is 8.42 Å². The van der Waals surface area contributed by atoms with E-state index < -0.39 is 16.0 Å². The fraction of sp³-hybridized carbons (Fsp3) is 0.533. The molecule has 0 spiro atoms. The average Bonchev–Trinajstić information content (AvgIpc) is 2.52. The molecule has 0 aliphatic carbocycles. The molecule has 0 bridgehead atoms. The zero-order chi connectivity index (χ0) is 17.0. The van der Waals surface area contributed by atoms with E-state index in [0.29, 0.717) is 30.2 Å². The Morgan fingerprint density at radius 1 is 1.30 bits per heavy atom. The second-order valence-corrected chi connectivity index (χ2v) is 7.33. The third-order valence-corrected chi connectivity index (χ3v) is 5.66. The van der Waals surface area contributed by atoms with Crippen molar-refractivity contribution in [1.29, 1.82) is 0 Å². The maximum Gasteiger partial charge on any atom is 0.303 e. The molecule has 0 aromatic heterocycles. The number of nitrogens with zero attached hydrogens (tertiary/aromatic N) is 1. The molecular weight excluding hydrogens is 322 g/mol. The van der Waals surface area contributed by atoms with Crippen molar-refractivity contribution in [3.8, 4) is 11.5 Å². The van der Waals surface area contributed by atoms with Gasteiger partial charge >= 0.3 is 5.97 Å². The molecule has 0 atom stereocenters. The third kappa shape index (κ3) is 3.87. The molecule has 0 radical (unpaired) electrons. The lowest BCUT2D eigenvalue weighted by molar-refractivity contribution is -0.137. The lowest BCUT2D eigenvalue weighted by Crippen LogP contribution is -2.37. The van der Waals surface area contributed by atoms with Crippen molar-refractivity contribution in [2.45, 2.75) is 25.7 Å². The molecule has 1 aliphatic heterocycles. The largest absolute Gasteiger partial charge is 0.497 e. The van der Waals surface area contributed by atoms with Crippen LogP contribution < -0.4 is 13.8 Å². The summed E-state index contributed by atoms with van der Waals surface area (Å²) in [5, 5.41) is 8.67. The number of methoxy groups -OCH3 is 2. The number of benzene rings is 1. The lowest BCUT2D eigenvalue weighted by atomic mass is 10.0. The number of carboxylic acids is 1. The van der Waals surface area contributed by atoms with Gasteiger partial charge in [-0.3, -0.25) is 9.10 Å². The number of anilines is 1. The predicted molar refractivity (Wildman–Crippen MR) is 85.9 cm³/mol. The first-order valence-electron chi connectivity index (χ1n) is 7.36. The first-order chi connectivity index (χ1) is 10.9. The summed E-state index contributed by atoms with van der Waals surface area (Å²) in [6, 6.07) is 3.42. The highest BCUT2D eigenvalue weighted by Gasteiger charge is 2.29. The van der Waals surface area contributed by atoms with Crippen molar-refractivity contribution in [3.05, 3.63) is 17.7 Å². The number of hydrogen-bond acceptors (Lipinski definition) is 5. The Labute approximate surface area is 135 Å². The molecular formula is C15H21NO6S. The van der Waals surface area contributed by atoms with Crippen LogP contribution in [-0.2, 0) is 21.2 Å². The van der Waals surface area contributed by atoms with Gasteiger partial charge in [0.15, 0.2) is 0 Å². The summed E-state index contributed by atoms with van der Waals surface area (Å²) in [5.41, 5.74) is 1.39. The van der Waals surface area contributed by atoms with Gasteiger partial charge in [-0.2, -0.15) is 0 Å². The van der Waals surface area contributed by atoms with Gasteiger partial charge in [0.2, 0.25) is 10.0 Å². The normalized spacial score (nSPS) is 14.3. The number of aliphatic carboxylic acids is 1. The fourth-order valence-electron chi connectivity index (χ4n) is 2.70. The van der Waals surface area contributed by atoms with Gasteiger partial charge in [0.25, 0.3) is 0 Å². The lowest BCUT2D eigenvalue weighted by Gasteiger charge is -2.31. The van der Waals surface area contributed by atoms with E-state index in [2.05, 4.69) is 0 Å². The number of rotatable bonds is 7. The van der Waals surface area contributed by atoms with Crippen molar-refractivity contribution in [2.24, 2.45) is 0 Å². The molecule has 128 valence electrons. The van der Waals surface area contributed by atoms with Crippen LogP contribution in [0.2, 0.25) is 0 Å². The topological polar surface area (TPSA) is 93.1 Å². The van der Waals surface area contributed by atoms with Crippen molar-refractivity contribution < 1.29 is 27.8 Å². The Balaban J connectivity index is 2.35. The molecule has 23 heavy (non-hydrogen) atoms. The van der Waals surface area contributed by atoms with E-state index in [1.54, 1.807) is 12.1 Å². The Bertz CT molecular complexity index is 685. The quantitative estimate of drug-likeness (QED) is 0.809. The summed E-state index contributed by atoms with van der Waals surface area (Å²) in [7, 11) is -0.537. The summed E-state index contributed by atoms with van der Waals surface area (Å²) in [6.45, 7) is 0.374. The Hall–Kier alpha value is -1.96. The maximum absolute atomic E-state index is 12.6.